The molecular weight excluding hydrogens is 268 g/mol. The molecule has 2 N–H and O–H groups in total. The fraction of sp³-hybridized carbons (Fsp3) is 0.692. The molecule has 0 bridgehead atoms. The van der Waals surface area contributed by atoms with Crippen LogP contribution in [0, 0.1) is 6.92 Å². The Morgan fingerprint density at radius 1 is 1.50 bits per heavy atom. The number of rotatable bonds is 3. The van der Waals surface area contributed by atoms with Crippen LogP contribution in [0.25, 0.3) is 0 Å². The third-order valence-electron chi connectivity index (χ3n) is 3.63. The van der Waals surface area contributed by atoms with Crippen molar-refractivity contribution in [2.45, 2.75) is 51.5 Å². The number of aromatic nitrogens is 2. The van der Waals surface area contributed by atoms with Crippen molar-refractivity contribution in [3.05, 3.63) is 11.3 Å². The predicted octanol–water partition coefficient (Wildman–Crippen LogP) is 2.70. The minimum Gasteiger partial charge on any atom is -0.462 e. The highest BCUT2D eigenvalue weighted by Gasteiger charge is 2.37. The lowest BCUT2D eigenvalue weighted by Crippen LogP contribution is -2.27. The van der Waals surface area contributed by atoms with E-state index in [1.165, 1.54) is 4.68 Å². The maximum atomic E-state index is 13.2. The van der Waals surface area contributed by atoms with Crippen LogP contribution in [0.5, 0.6) is 0 Å². The molecule has 1 aromatic rings. The standard InChI is InChI=1S/C13H19F2N3O2/c1-3-20-12(19)10-8(2)17-18(11(10)16)9-4-6-13(14,15)7-5-9/h9H,3-7,16H2,1-2H3. The number of nitrogen functional groups attached to an aromatic ring is 1. The Labute approximate surface area is 116 Å². The summed E-state index contributed by atoms with van der Waals surface area (Å²) in [6, 6.07) is -0.184. The van der Waals surface area contributed by atoms with Crippen LogP contribution in [0.15, 0.2) is 0 Å². The monoisotopic (exact) mass is 287 g/mol. The van der Waals surface area contributed by atoms with E-state index in [2.05, 4.69) is 5.10 Å². The number of aryl methyl sites for hydroxylation is 1. The Kier molecular flexibility index (Phi) is 3.96. The van der Waals surface area contributed by atoms with Crippen molar-refractivity contribution in [1.29, 1.82) is 0 Å². The largest absolute Gasteiger partial charge is 0.462 e. The SMILES string of the molecule is CCOC(=O)c1c(C)nn(C2CCC(F)(F)CC2)c1N. The first-order chi connectivity index (χ1) is 9.35. The quantitative estimate of drug-likeness (QED) is 0.868. The van der Waals surface area contributed by atoms with Gasteiger partial charge in [-0.25, -0.2) is 18.3 Å². The molecule has 0 atom stereocenters. The van der Waals surface area contributed by atoms with Crippen LogP contribution in [-0.4, -0.2) is 28.3 Å². The highest BCUT2D eigenvalue weighted by atomic mass is 19.3. The van der Waals surface area contributed by atoms with Crippen molar-refractivity contribution in [1.82, 2.24) is 9.78 Å². The average Bonchev–Trinajstić information content (AvgIpc) is 2.65. The van der Waals surface area contributed by atoms with Crippen molar-refractivity contribution < 1.29 is 18.3 Å². The highest BCUT2D eigenvalue weighted by Crippen LogP contribution is 2.39. The number of nitrogens with zero attached hydrogens (tertiary/aromatic N) is 2. The molecule has 2 rings (SSSR count). The number of ether oxygens (including phenoxy) is 1. The molecule has 1 aliphatic carbocycles. The number of alkyl halides is 2. The lowest BCUT2D eigenvalue weighted by Gasteiger charge is -2.28. The smallest absolute Gasteiger partial charge is 0.343 e. The van der Waals surface area contributed by atoms with Crippen LogP contribution >= 0.6 is 0 Å². The van der Waals surface area contributed by atoms with Gasteiger partial charge < -0.3 is 10.5 Å². The number of hydrogen-bond donors (Lipinski definition) is 1. The molecule has 1 aromatic heterocycles. The van der Waals surface area contributed by atoms with Gasteiger partial charge in [0.2, 0.25) is 5.92 Å². The van der Waals surface area contributed by atoms with E-state index in [9.17, 15) is 13.6 Å². The summed E-state index contributed by atoms with van der Waals surface area (Å²) in [5, 5.41) is 4.23. The Bertz CT molecular complexity index is 504. The summed E-state index contributed by atoms with van der Waals surface area (Å²) in [5.41, 5.74) is 6.66. The van der Waals surface area contributed by atoms with Gasteiger partial charge >= 0.3 is 5.97 Å². The van der Waals surface area contributed by atoms with E-state index >= 15 is 0 Å². The molecule has 7 heteroatoms. The fourth-order valence-electron chi connectivity index (χ4n) is 2.57. The summed E-state index contributed by atoms with van der Waals surface area (Å²) in [4.78, 5) is 11.8. The van der Waals surface area contributed by atoms with Crippen LogP contribution in [0.3, 0.4) is 0 Å². The van der Waals surface area contributed by atoms with Gasteiger partial charge in [-0.2, -0.15) is 5.10 Å². The maximum Gasteiger partial charge on any atom is 0.343 e. The van der Waals surface area contributed by atoms with Gasteiger partial charge in [0, 0.05) is 12.8 Å². The van der Waals surface area contributed by atoms with E-state index in [1.54, 1.807) is 13.8 Å². The molecule has 1 heterocycles. The first-order valence-electron chi connectivity index (χ1n) is 6.75. The second-order valence-corrected chi connectivity index (χ2v) is 5.10. The fourth-order valence-corrected chi connectivity index (χ4v) is 2.57. The molecule has 5 nitrogen and oxygen atoms in total. The van der Waals surface area contributed by atoms with Crippen molar-refractivity contribution in [2.24, 2.45) is 0 Å². The van der Waals surface area contributed by atoms with Gasteiger partial charge in [0.05, 0.1) is 18.3 Å². The summed E-state index contributed by atoms with van der Waals surface area (Å²) in [6.07, 6.45) is 0.261. The summed E-state index contributed by atoms with van der Waals surface area (Å²) in [6.45, 7) is 3.62. The van der Waals surface area contributed by atoms with Crippen molar-refractivity contribution >= 4 is 11.8 Å². The van der Waals surface area contributed by atoms with Crippen molar-refractivity contribution in [3.8, 4) is 0 Å². The Morgan fingerprint density at radius 3 is 2.65 bits per heavy atom. The zero-order valence-electron chi connectivity index (χ0n) is 11.7. The van der Waals surface area contributed by atoms with Gasteiger partial charge in [-0.05, 0) is 26.7 Å². The molecule has 0 aliphatic heterocycles. The Morgan fingerprint density at radius 2 is 2.10 bits per heavy atom. The second-order valence-electron chi connectivity index (χ2n) is 5.10. The second kappa shape index (κ2) is 5.38. The molecular formula is C13H19F2N3O2. The molecule has 1 saturated carbocycles. The summed E-state index contributed by atoms with van der Waals surface area (Å²) < 4.78 is 32.8. The van der Waals surface area contributed by atoms with Gasteiger partial charge in [0.1, 0.15) is 11.4 Å². The number of carbonyl (C=O) groups is 1. The van der Waals surface area contributed by atoms with E-state index in [4.69, 9.17) is 10.5 Å². The zero-order chi connectivity index (χ0) is 14.9. The lowest BCUT2D eigenvalue weighted by atomic mass is 9.92. The van der Waals surface area contributed by atoms with E-state index in [-0.39, 0.29) is 36.9 Å². The van der Waals surface area contributed by atoms with Gasteiger partial charge in [-0.1, -0.05) is 0 Å². The molecule has 0 radical (unpaired) electrons. The van der Waals surface area contributed by atoms with Gasteiger partial charge in [0.25, 0.3) is 0 Å². The van der Waals surface area contributed by atoms with E-state index in [0.29, 0.717) is 18.5 Å². The maximum absolute atomic E-state index is 13.2. The molecule has 1 fully saturated rings. The van der Waals surface area contributed by atoms with Crippen molar-refractivity contribution in [3.63, 3.8) is 0 Å². The molecule has 20 heavy (non-hydrogen) atoms. The summed E-state index contributed by atoms with van der Waals surface area (Å²) in [5.74, 6) is -2.91. The first kappa shape index (κ1) is 14.7. The van der Waals surface area contributed by atoms with E-state index < -0.39 is 11.9 Å². The molecule has 0 aromatic carbocycles. The highest BCUT2D eigenvalue weighted by molar-refractivity contribution is 5.95. The van der Waals surface area contributed by atoms with Crippen LogP contribution in [-0.2, 0) is 4.74 Å². The number of halogens is 2. The average molecular weight is 287 g/mol. The summed E-state index contributed by atoms with van der Waals surface area (Å²) >= 11 is 0. The van der Waals surface area contributed by atoms with Gasteiger partial charge in [-0.3, -0.25) is 0 Å². The molecule has 0 spiro atoms. The molecule has 0 amide bonds. The number of hydrogen-bond acceptors (Lipinski definition) is 4. The zero-order valence-corrected chi connectivity index (χ0v) is 11.7. The van der Waals surface area contributed by atoms with E-state index in [0.717, 1.165) is 0 Å². The van der Waals surface area contributed by atoms with Crippen molar-refractivity contribution in [2.75, 3.05) is 12.3 Å². The number of carbonyl (C=O) groups excluding carboxylic acids is 1. The van der Waals surface area contributed by atoms with Crippen LogP contribution in [0.1, 0.15) is 54.7 Å². The Hall–Kier alpha value is -1.66. The Balaban J connectivity index is 2.22. The van der Waals surface area contributed by atoms with Crippen LogP contribution in [0.2, 0.25) is 0 Å². The third-order valence-corrected chi connectivity index (χ3v) is 3.63. The van der Waals surface area contributed by atoms with Gasteiger partial charge in [0.15, 0.2) is 0 Å². The van der Waals surface area contributed by atoms with E-state index in [1.807, 2.05) is 0 Å². The molecule has 0 saturated heterocycles. The molecule has 0 unspecified atom stereocenters. The normalized spacial score (nSPS) is 19.0. The topological polar surface area (TPSA) is 70.1 Å². The number of anilines is 1. The number of esters is 1. The van der Waals surface area contributed by atoms with Gasteiger partial charge in [-0.15, -0.1) is 0 Å². The third kappa shape index (κ3) is 2.76. The first-order valence-corrected chi connectivity index (χ1v) is 6.75. The summed E-state index contributed by atoms with van der Waals surface area (Å²) in [7, 11) is 0. The van der Waals surface area contributed by atoms with Crippen LogP contribution < -0.4 is 5.73 Å². The minimum absolute atomic E-state index is 0.176. The molecule has 1 aliphatic rings. The predicted molar refractivity (Wildman–Crippen MR) is 69.8 cm³/mol. The van der Waals surface area contributed by atoms with Crippen LogP contribution in [0.4, 0.5) is 14.6 Å². The lowest BCUT2D eigenvalue weighted by molar-refractivity contribution is -0.0448. The number of nitrogens with two attached hydrogens (primary N) is 1. The minimum atomic E-state index is -2.60. The molecule has 112 valence electrons.